The van der Waals surface area contributed by atoms with E-state index in [2.05, 4.69) is 17.2 Å². The highest BCUT2D eigenvalue weighted by atomic mass is 32.1. The van der Waals surface area contributed by atoms with Crippen molar-refractivity contribution in [3.63, 3.8) is 0 Å². The summed E-state index contributed by atoms with van der Waals surface area (Å²) in [5.41, 5.74) is 1.02. The maximum absolute atomic E-state index is 12.9. The topological polar surface area (TPSA) is 84.2 Å². The van der Waals surface area contributed by atoms with E-state index in [1.807, 2.05) is 23.8 Å². The third-order valence-corrected chi connectivity index (χ3v) is 5.93. The van der Waals surface area contributed by atoms with E-state index >= 15 is 0 Å². The number of carbonyl (C=O) groups excluding carboxylic acids is 1. The van der Waals surface area contributed by atoms with Crippen molar-refractivity contribution < 1.29 is 14.7 Å². The SMILES string of the molecule is Cc1cc(C(=O)NC2(C(=O)O)CCC(C)CC2)c(C)n1-c1nccs1. The van der Waals surface area contributed by atoms with Gasteiger partial charge in [0.2, 0.25) is 0 Å². The third-order valence-electron chi connectivity index (χ3n) is 5.18. The third kappa shape index (κ3) is 3.20. The van der Waals surface area contributed by atoms with E-state index in [0.29, 0.717) is 24.3 Å². The van der Waals surface area contributed by atoms with Gasteiger partial charge < -0.3 is 10.4 Å². The lowest BCUT2D eigenvalue weighted by Crippen LogP contribution is -2.56. The summed E-state index contributed by atoms with van der Waals surface area (Å²) < 4.78 is 1.93. The number of aryl methyl sites for hydroxylation is 1. The van der Waals surface area contributed by atoms with Crippen molar-refractivity contribution >= 4 is 23.2 Å². The molecule has 0 unspecified atom stereocenters. The van der Waals surface area contributed by atoms with Crippen LogP contribution in [0.5, 0.6) is 0 Å². The second kappa shape index (κ2) is 6.63. The van der Waals surface area contributed by atoms with E-state index in [1.165, 1.54) is 11.3 Å². The van der Waals surface area contributed by atoms with E-state index in [4.69, 9.17) is 0 Å². The highest BCUT2D eigenvalue weighted by molar-refractivity contribution is 7.12. The van der Waals surface area contributed by atoms with Crippen LogP contribution in [0.3, 0.4) is 0 Å². The molecule has 25 heavy (non-hydrogen) atoms. The molecular formula is C18H23N3O3S. The van der Waals surface area contributed by atoms with Gasteiger partial charge in [0.1, 0.15) is 5.54 Å². The molecule has 0 radical (unpaired) electrons. The molecule has 0 spiro atoms. The normalized spacial score (nSPS) is 23.4. The number of hydrogen-bond donors (Lipinski definition) is 2. The number of carboxylic acid groups (broad SMARTS) is 1. The van der Waals surface area contributed by atoms with Gasteiger partial charge >= 0.3 is 5.97 Å². The molecule has 3 rings (SSSR count). The molecule has 1 amide bonds. The van der Waals surface area contributed by atoms with Gasteiger partial charge in [-0.3, -0.25) is 9.36 Å². The smallest absolute Gasteiger partial charge is 0.329 e. The van der Waals surface area contributed by atoms with Gasteiger partial charge in [0.15, 0.2) is 5.13 Å². The number of amides is 1. The molecule has 134 valence electrons. The monoisotopic (exact) mass is 361 g/mol. The van der Waals surface area contributed by atoms with Gasteiger partial charge in [-0.1, -0.05) is 6.92 Å². The van der Waals surface area contributed by atoms with Crippen LogP contribution in [-0.4, -0.2) is 32.1 Å². The lowest BCUT2D eigenvalue weighted by atomic mass is 9.77. The highest BCUT2D eigenvalue weighted by Gasteiger charge is 2.43. The van der Waals surface area contributed by atoms with Gasteiger partial charge in [-0.2, -0.15) is 0 Å². The second-order valence-electron chi connectivity index (χ2n) is 6.96. The zero-order chi connectivity index (χ0) is 18.2. The molecule has 0 saturated heterocycles. The number of aromatic nitrogens is 2. The van der Waals surface area contributed by atoms with Crippen molar-refractivity contribution in [3.8, 4) is 5.13 Å². The Morgan fingerprint density at radius 3 is 2.60 bits per heavy atom. The maximum atomic E-state index is 12.9. The van der Waals surface area contributed by atoms with Crippen molar-refractivity contribution in [2.75, 3.05) is 0 Å². The first-order chi connectivity index (χ1) is 11.8. The zero-order valence-corrected chi connectivity index (χ0v) is 15.5. The predicted octanol–water partition coefficient (Wildman–Crippen LogP) is 3.31. The fourth-order valence-corrected chi connectivity index (χ4v) is 4.30. The lowest BCUT2D eigenvalue weighted by molar-refractivity contribution is -0.146. The van der Waals surface area contributed by atoms with Gasteiger partial charge in [-0.25, -0.2) is 9.78 Å². The molecule has 1 aliphatic rings. The Morgan fingerprint density at radius 1 is 1.36 bits per heavy atom. The van der Waals surface area contributed by atoms with Crippen LogP contribution in [0.1, 0.15) is 54.4 Å². The molecular weight excluding hydrogens is 338 g/mol. The Morgan fingerprint density at radius 2 is 2.04 bits per heavy atom. The van der Waals surface area contributed by atoms with E-state index in [0.717, 1.165) is 29.4 Å². The van der Waals surface area contributed by atoms with Crippen LogP contribution in [0, 0.1) is 19.8 Å². The standard InChI is InChI=1S/C18H23N3O3S/c1-11-4-6-18(7-5-11,16(23)24)20-15(22)14-10-12(2)21(13(14)3)17-19-8-9-25-17/h8-11H,4-7H2,1-3H3,(H,20,22)(H,23,24). The molecule has 0 aromatic carbocycles. The molecule has 1 fully saturated rings. The molecule has 6 nitrogen and oxygen atoms in total. The highest BCUT2D eigenvalue weighted by Crippen LogP contribution is 2.33. The van der Waals surface area contributed by atoms with Crippen LogP contribution in [0.25, 0.3) is 5.13 Å². The van der Waals surface area contributed by atoms with Crippen molar-refractivity contribution in [3.05, 3.63) is 34.6 Å². The molecule has 0 aliphatic heterocycles. The summed E-state index contributed by atoms with van der Waals surface area (Å²) in [6.07, 6.45) is 4.29. The van der Waals surface area contributed by atoms with Gasteiger partial charge in [0.05, 0.1) is 5.56 Å². The van der Waals surface area contributed by atoms with E-state index in [1.54, 1.807) is 12.3 Å². The summed E-state index contributed by atoms with van der Waals surface area (Å²) in [6, 6.07) is 1.80. The molecule has 1 aliphatic carbocycles. The average Bonchev–Trinajstić information content (AvgIpc) is 3.17. The summed E-state index contributed by atoms with van der Waals surface area (Å²) in [5, 5.41) is 15.2. The Hall–Kier alpha value is -2.15. The molecule has 2 aromatic heterocycles. The average molecular weight is 361 g/mol. The summed E-state index contributed by atoms with van der Waals surface area (Å²) >= 11 is 1.50. The van der Waals surface area contributed by atoms with Crippen LogP contribution < -0.4 is 5.32 Å². The number of aliphatic carboxylic acids is 1. The second-order valence-corrected chi connectivity index (χ2v) is 7.83. The number of thiazole rings is 1. The van der Waals surface area contributed by atoms with Gasteiger partial charge in [-0.15, -0.1) is 11.3 Å². The number of nitrogens with one attached hydrogen (secondary N) is 1. The van der Waals surface area contributed by atoms with Gasteiger partial charge in [0, 0.05) is 23.0 Å². The maximum Gasteiger partial charge on any atom is 0.329 e. The van der Waals surface area contributed by atoms with Crippen LogP contribution >= 0.6 is 11.3 Å². The van der Waals surface area contributed by atoms with Crippen LogP contribution in [0.15, 0.2) is 17.6 Å². The summed E-state index contributed by atoms with van der Waals surface area (Å²) in [4.78, 5) is 29.0. The van der Waals surface area contributed by atoms with E-state index in [-0.39, 0.29) is 5.91 Å². The van der Waals surface area contributed by atoms with Crippen molar-refractivity contribution in [2.45, 2.75) is 52.0 Å². The first-order valence-electron chi connectivity index (χ1n) is 8.49. The zero-order valence-electron chi connectivity index (χ0n) is 14.7. The van der Waals surface area contributed by atoms with Crippen LogP contribution in [-0.2, 0) is 4.79 Å². The number of nitrogens with zero attached hydrogens (tertiary/aromatic N) is 2. The Labute approximate surface area is 150 Å². The fraction of sp³-hybridized carbons (Fsp3) is 0.500. The summed E-state index contributed by atoms with van der Waals surface area (Å²) in [7, 11) is 0. The minimum atomic E-state index is -1.16. The lowest BCUT2D eigenvalue weighted by Gasteiger charge is -2.36. The minimum Gasteiger partial charge on any atom is -0.480 e. The first kappa shape index (κ1) is 17.7. The molecule has 0 atom stereocenters. The van der Waals surface area contributed by atoms with Gasteiger partial charge in [-0.05, 0) is 51.5 Å². The predicted molar refractivity (Wildman–Crippen MR) is 96.4 cm³/mol. The number of carboxylic acids is 1. The Balaban J connectivity index is 1.89. The molecule has 1 saturated carbocycles. The van der Waals surface area contributed by atoms with E-state index in [9.17, 15) is 14.7 Å². The largest absolute Gasteiger partial charge is 0.480 e. The molecule has 2 aromatic rings. The van der Waals surface area contributed by atoms with Gasteiger partial charge in [0.25, 0.3) is 5.91 Å². The Bertz CT molecular complexity index is 787. The minimum absolute atomic E-state index is 0.326. The van der Waals surface area contributed by atoms with Crippen molar-refractivity contribution in [1.82, 2.24) is 14.9 Å². The van der Waals surface area contributed by atoms with Crippen molar-refractivity contribution in [2.24, 2.45) is 5.92 Å². The number of carbonyl (C=O) groups is 2. The summed E-state index contributed by atoms with van der Waals surface area (Å²) in [5.74, 6) is -0.770. The molecule has 7 heteroatoms. The quantitative estimate of drug-likeness (QED) is 0.875. The number of rotatable bonds is 4. The first-order valence-corrected chi connectivity index (χ1v) is 9.37. The van der Waals surface area contributed by atoms with E-state index < -0.39 is 11.5 Å². The molecule has 0 bridgehead atoms. The molecule has 2 heterocycles. The molecule has 2 N–H and O–H groups in total. The Kier molecular flexibility index (Phi) is 4.69. The fourth-order valence-electron chi connectivity index (χ4n) is 3.55. The number of hydrogen-bond acceptors (Lipinski definition) is 4. The van der Waals surface area contributed by atoms with Crippen molar-refractivity contribution in [1.29, 1.82) is 0 Å². The van der Waals surface area contributed by atoms with Crippen LogP contribution in [0.4, 0.5) is 0 Å². The summed E-state index contributed by atoms with van der Waals surface area (Å²) in [6.45, 7) is 5.90. The van der Waals surface area contributed by atoms with Crippen LogP contribution in [0.2, 0.25) is 0 Å².